The van der Waals surface area contributed by atoms with Gasteiger partial charge in [-0.15, -0.1) is 0 Å². The second kappa shape index (κ2) is 6.54. The molecule has 9 heteroatoms. The van der Waals surface area contributed by atoms with Crippen LogP contribution in [0.25, 0.3) is 0 Å². The Morgan fingerprint density at radius 3 is 1.14 bits per heavy atom. The predicted octanol–water partition coefficient (Wildman–Crippen LogP) is 6.07. The third kappa shape index (κ3) is 4.93. The highest BCUT2D eigenvalue weighted by Gasteiger charge is 2.18. The van der Waals surface area contributed by atoms with Gasteiger partial charge in [0.15, 0.2) is 0 Å². The number of ether oxygens (including phenoxy) is 1. The minimum Gasteiger partial charge on any atom is -0.457 e. The van der Waals surface area contributed by atoms with Crippen LogP contribution in [0.3, 0.4) is 0 Å². The first-order valence-corrected chi connectivity index (χ1v) is 12.6. The maximum Gasteiger partial charge on any atom is 0.281 e. The highest BCUT2D eigenvalue weighted by atomic mass is 35.9. The molecule has 0 saturated carbocycles. The van der Waals surface area contributed by atoms with Gasteiger partial charge in [-0.25, -0.2) is 0 Å². The molecule has 0 bridgehead atoms. The quantitative estimate of drug-likeness (QED) is 0.581. The third-order valence-electron chi connectivity index (χ3n) is 2.51. The molecule has 3 nitrogen and oxygen atoms in total. The molecule has 0 aromatic heterocycles. The zero-order chi connectivity index (χ0) is 15.7. The van der Waals surface area contributed by atoms with Gasteiger partial charge in [-0.05, 0) is 93.5 Å². The van der Waals surface area contributed by atoms with Crippen molar-refractivity contribution in [1.82, 2.24) is 0 Å². The van der Waals surface area contributed by atoms with Crippen molar-refractivity contribution in [3.05, 3.63) is 48.5 Å². The fraction of sp³-hybridized carbons (Fsp3) is 0. The summed E-state index contributed by atoms with van der Waals surface area (Å²) in [5.41, 5.74) is 0. The topological polar surface area (TPSA) is 43.4 Å². The van der Waals surface area contributed by atoms with Crippen LogP contribution in [-0.4, -0.2) is 0 Å². The lowest BCUT2D eigenvalue weighted by atomic mass is 10.3. The summed E-state index contributed by atoms with van der Waals surface area (Å²) >= 11 is 22.2. The normalized spacial score (nSPS) is 12.2. The summed E-state index contributed by atoms with van der Waals surface area (Å²) in [6, 6.07) is 12.5. The van der Waals surface area contributed by atoms with E-state index in [1.54, 1.807) is 24.3 Å². The van der Waals surface area contributed by atoms with Crippen molar-refractivity contribution in [2.24, 2.45) is 0 Å². The summed E-state index contributed by atoms with van der Waals surface area (Å²) in [5.74, 6) is -5.62. The van der Waals surface area contributed by atoms with Gasteiger partial charge in [-0.3, -0.25) is 9.13 Å². The van der Waals surface area contributed by atoms with Gasteiger partial charge < -0.3 is 4.74 Å². The SMILES string of the molecule is O=P(Cl)(Cl)c1ccc(Oc2ccc(P(=O)(Cl)Cl)cc2)cc1. The van der Waals surface area contributed by atoms with Crippen molar-refractivity contribution >= 4 is 67.3 Å². The standard InChI is InChI=1S/C12H8Cl4O3P2/c13-20(14,17)11-5-1-9(2-6-11)19-10-3-7-12(8-4-10)21(15,16)18/h1-8H. The highest BCUT2D eigenvalue weighted by Crippen LogP contribution is 2.56. The number of hydrogen-bond acceptors (Lipinski definition) is 3. The van der Waals surface area contributed by atoms with Gasteiger partial charge in [-0.1, -0.05) is 0 Å². The van der Waals surface area contributed by atoms with E-state index in [4.69, 9.17) is 49.7 Å². The van der Waals surface area contributed by atoms with Crippen molar-refractivity contribution in [2.75, 3.05) is 0 Å². The molecule has 2 rings (SSSR count). The van der Waals surface area contributed by atoms with Crippen molar-refractivity contribution in [3.63, 3.8) is 0 Å². The lowest BCUT2D eigenvalue weighted by Crippen LogP contribution is -1.98. The van der Waals surface area contributed by atoms with E-state index in [1.807, 2.05) is 0 Å². The molecule has 0 fully saturated rings. The first kappa shape index (κ1) is 17.2. The van der Waals surface area contributed by atoms with Gasteiger partial charge in [0, 0.05) is 10.6 Å². The van der Waals surface area contributed by atoms with Crippen LogP contribution in [0.1, 0.15) is 0 Å². The number of halogens is 4. The Bertz CT molecular complexity index is 656. The molecule has 0 spiro atoms. The highest BCUT2D eigenvalue weighted by molar-refractivity contribution is 8.13. The molecule has 21 heavy (non-hydrogen) atoms. The van der Waals surface area contributed by atoms with Crippen LogP contribution in [-0.2, 0) is 9.13 Å². The molecule has 2 aromatic rings. The maximum atomic E-state index is 11.5. The van der Waals surface area contributed by atoms with Crippen LogP contribution >= 0.6 is 56.7 Å². The zero-order valence-corrected chi connectivity index (χ0v) is 15.1. The third-order valence-corrected chi connectivity index (χ3v) is 6.65. The average molecular weight is 404 g/mol. The van der Waals surface area contributed by atoms with Gasteiger partial charge in [0.05, 0.1) is 0 Å². The minimum absolute atomic E-state index is 0.332. The first-order chi connectivity index (χ1) is 9.66. The lowest BCUT2D eigenvalue weighted by molar-refractivity contribution is 0.483. The van der Waals surface area contributed by atoms with E-state index in [2.05, 4.69) is 0 Å². The molecule has 0 unspecified atom stereocenters. The van der Waals surface area contributed by atoms with E-state index in [-0.39, 0.29) is 0 Å². The second-order valence-corrected chi connectivity index (χ2v) is 13.6. The van der Waals surface area contributed by atoms with Crippen LogP contribution in [0.15, 0.2) is 48.5 Å². The molecule has 0 amide bonds. The van der Waals surface area contributed by atoms with Crippen LogP contribution in [0.4, 0.5) is 0 Å². The summed E-state index contributed by atoms with van der Waals surface area (Å²) in [6.45, 7) is 0. The van der Waals surface area contributed by atoms with E-state index in [1.165, 1.54) is 24.3 Å². The summed E-state index contributed by atoms with van der Waals surface area (Å²) in [4.78, 5) is 0. The van der Waals surface area contributed by atoms with Crippen molar-refractivity contribution in [3.8, 4) is 11.5 Å². The fourth-order valence-electron chi connectivity index (χ4n) is 1.51. The molecule has 112 valence electrons. The first-order valence-electron chi connectivity index (χ1n) is 5.54. The molecule has 0 N–H and O–H groups in total. The number of benzene rings is 2. The van der Waals surface area contributed by atoms with E-state index >= 15 is 0 Å². The summed E-state index contributed by atoms with van der Waals surface area (Å²) in [5, 5.41) is 0.664. The Hall–Kier alpha value is -0.140. The lowest BCUT2D eigenvalue weighted by Gasteiger charge is -2.08. The Balaban J connectivity index is 2.15. The summed E-state index contributed by atoms with van der Waals surface area (Å²) in [7, 11) is 0. The average Bonchev–Trinajstić information content (AvgIpc) is 2.38. The van der Waals surface area contributed by atoms with Gasteiger partial charge in [-0.2, -0.15) is 0 Å². The second-order valence-electron chi connectivity index (χ2n) is 4.01. The Morgan fingerprint density at radius 1 is 0.619 bits per heavy atom. The minimum atomic E-state index is -3.32. The van der Waals surface area contributed by atoms with Crippen molar-refractivity contribution in [2.45, 2.75) is 0 Å². The van der Waals surface area contributed by atoms with E-state index in [0.29, 0.717) is 22.1 Å². The molecule has 2 aromatic carbocycles. The maximum absolute atomic E-state index is 11.5. The van der Waals surface area contributed by atoms with Gasteiger partial charge in [0.2, 0.25) is 0 Å². The Morgan fingerprint density at radius 2 is 0.905 bits per heavy atom. The molecule has 0 radical (unpaired) electrons. The summed E-state index contributed by atoms with van der Waals surface area (Å²) < 4.78 is 28.5. The van der Waals surface area contributed by atoms with E-state index < -0.39 is 11.7 Å². The van der Waals surface area contributed by atoms with E-state index in [9.17, 15) is 9.13 Å². The van der Waals surface area contributed by atoms with E-state index in [0.717, 1.165) is 0 Å². The Labute approximate surface area is 141 Å². The van der Waals surface area contributed by atoms with Crippen molar-refractivity contribution in [1.29, 1.82) is 0 Å². The van der Waals surface area contributed by atoms with Crippen LogP contribution < -0.4 is 15.3 Å². The zero-order valence-electron chi connectivity index (χ0n) is 10.2. The van der Waals surface area contributed by atoms with Crippen LogP contribution in [0, 0.1) is 0 Å². The molecule has 0 atom stereocenters. The fourth-order valence-corrected chi connectivity index (χ4v) is 3.86. The van der Waals surface area contributed by atoms with Gasteiger partial charge in [0.1, 0.15) is 11.5 Å². The molecule has 0 heterocycles. The predicted molar refractivity (Wildman–Crippen MR) is 90.9 cm³/mol. The Kier molecular flexibility index (Phi) is 5.36. The van der Waals surface area contributed by atoms with Crippen molar-refractivity contribution < 1.29 is 13.9 Å². The largest absolute Gasteiger partial charge is 0.457 e. The number of hydrogen-bond donors (Lipinski definition) is 0. The number of rotatable bonds is 4. The molecule has 0 aliphatic rings. The smallest absolute Gasteiger partial charge is 0.281 e. The molecular weight excluding hydrogens is 396 g/mol. The monoisotopic (exact) mass is 402 g/mol. The summed E-state index contributed by atoms with van der Waals surface area (Å²) in [6.07, 6.45) is 0. The van der Waals surface area contributed by atoms with Gasteiger partial charge in [0.25, 0.3) is 11.7 Å². The van der Waals surface area contributed by atoms with Gasteiger partial charge >= 0.3 is 0 Å². The molecule has 0 saturated heterocycles. The van der Waals surface area contributed by atoms with Crippen LogP contribution in [0.5, 0.6) is 11.5 Å². The molecule has 0 aliphatic heterocycles. The molecular formula is C12H8Cl4O3P2. The van der Waals surface area contributed by atoms with Crippen LogP contribution in [0.2, 0.25) is 0 Å². The molecule has 0 aliphatic carbocycles.